The lowest BCUT2D eigenvalue weighted by Gasteiger charge is -2.14. The number of aryl methyl sites for hydroxylation is 2. The highest BCUT2D eigenvalue weighted by atomic mass is 19.4. The van der Waals surface area contributed by atoms with E-state index in [1.807, 2.05) is 0 Å². The largest absolute Gasteiger partial charge is 0.414 e. The van der Waals surface area contributed by atoms with Crippen molar-refractivity contribution < 1.29 is 18.3 Å². The van der Waals surface area contributed by atoms with E-state index in [1.54, 1.807) is 14.0 Å². The fraction of sp³-hybridized carbons (Fsp3) is 0.625. The molecule has 0 bridgehead atoms. The van der Waals surface area contributed by atoms with E-state index in [4.69, 9.17) is 5.11 Å². The molecule has 0 saturated heterocycles. The molecule has 1 heterocycles. The Morgan fingerprint density at radius 1 is 1.57 bits per heavy atom. The highest BCUT2D eigenvalue weighted by molar-refractivity contribution is 5.16. The van der Waals surface area contributed by atoms with Gasteiger partial charge in [0.05, 0.1) is 6.20 Å². The van der Waals surface area contributed by atoms with Crippen LogP contribution in [0, 0.1) is 6.92 Å². The average Bonchev–Trinajstić information content (AvgIpc) is 2.34. The van der Waals surface area contributed by atoms with Gasteiger partial charge in [-0.25, -0.2) is 0 Å². The molecule has 0 aromatic carbocycles. The van der Waals surface area contributed by atoms with Gasteiger partial charge < -0.3 is 5.11 Å². The van der Waals surface area contributed by atoms with Crippen molar-refractivity contribution in [3.05, 3.63) is 17.5 Å². The maximum Gasteiger partial charge on any atom is 0.414 e. The van der Waals surface area contributed by atoms with Gasteiger partial charge in [-0.1, -0.05) is 0 Å². The van der Waals surface area contributed by atoms with Gasteiger partial charge in [-0.05, 0) is 12.5 Å². The summed E-state index contributed by atoms with van der Waals surface area (Å²) in [5.74, 6) is 0. The fourth-order valence-electron chi connectivity index (χ4n) is 1.16. The molecule has 0 spiro atoms. The van der Waals surface area contributed by atoms with Gasteiger partial charge >= 0.3 is 6.18 Å². The first-order valence-corrected chi connectivity index (χ1v) is 4.04. The highest BCUT2D eigenvalue weighted by Gasteiger charge is 2.38. The zero-order chi connectivity index (χ0) is 10.9. The smallest absolute Gasteiger partial charge is 0.383 e. The van der Waals surface area contributed by atoms with Gasteiger partial charge in [0, 0.05) is 19.2 Å². The molecule has 0 amide bonds. The number of alkyl halides is 3. The van der Waals surface area contributed by atoms with Crippen LogP contribution in [0.2, 0.25) is 0 Å². The van der Waals surface area contributed by atoms with Crippen LogP contribution < -0.4 is 0 Å². The van der Waals surface area contributed by atoms with Crippen molar-refractivity contribution in [3.63, 3.8) is 0 Å². The molecular weight excluding hydrogens is 197 g/mol. The number of aliphatic hydroxyl groups excluding tert-OH is 1. The molecular formula is C8H11F3N2O. The Hall–Kier alpha value is -1.04. The number of aliphatic hydroxyl groups is 1. The molecule has 0 aliphatic rings. The monoisotopic (exact) mass is 208 g/mol. The molecule has 1 aromatic heterocycles. The molecule has 1 rings (SSSR count). The van der Waals surface area contributed by atoms with Crippen LogP contribution in [0.15, 0.2) is 6.20 Å². The Labute approximate surface area is 79.2 Å². The van der Waals surface area contributed by atoms with Crippen LogP contribution in [0.5, 0.6) is 0 Å². The van der Waals surface area contributed by atoms with E-state index in [0.717, 1.165) is 0 Å². The summed E-state index contributed by atoms with van der Waals surface area (Å²) in [5.41, 5.74) is 1.05. The third-order valence-electron chi connectivity index (χ3n) is 2.03. The molecule has 0 saturated carbocycles. The summed E-state index contributed by atoms with van der Waals surface area (Å²) in [5, 5.41) is 12.6. The van der Waals surface area contributed by atoms with E-state index in [2.05, 4.69) is 5.10 Å². The van der Waals surface area contributed by atoms with Crippen LogP contribution in [0.3, 0.4) is 0 Å². The van der Waals surface area contributed by atoms with Crippen LogP contribution in [0.4, 0.5) is 13.2 Å². The quantitative estimate of drug-likeness (QED) is 0.792. The summed E-state index contributed by atoms with van der Waals surface area (Å²) < 4.78 is 37.4. The Kier molecular flexibility index (Phi) is 2.84. The lowest BCUT2D eigenvalue weighted by atomic mass is 10.1. The minimum Gasteiger partial charge on any atom is -0.383 e. The van der Waals surface area contributed by atoms with Crippen LogP contribution in [-0.2, 0) is 13.5 Å². The molecule has 6 heteroatoms. The Balaban J connectivity index is 2.79. The molecule has 0 aliphatic carbocycles. The second-order valence-electron chi connectivity index (χ2n) is 3.16. The van der Waals surface area contributed by atoms with Crippen LogP contribution in [0.1, 0.15) is 11.3 Å². The predicted octanol–water partition coefficient (Wildman–Crippen LogP) is 1.19. The molecule has 1 aromatic rings. The lowest BCUT2D eigenvalue weighted by molar-refractivity contribution is -0.203. The zero-order valence-corrected chi connectivity index (χ0v) is 7.84. The Morgan fingerprint density at radius 2 is 2.14 bits per heavy atom. The predicted molar refractivity (Wildman–Crippen MR) is 43.7 cm³/mol. The van der Waals surface area contributed by atoms with Crippen molar-refractivity contribution in [2.24, 2.45) is 7.05 Å². The molecule has 1 unspecified atom stereocenters. The molecule has 14 heavy (non-hydrogen) atoms. The molecule has 3 nitrogen and oxygen atoms in total. The Bertz CT molecular complexity index is 299. The van der Waals surface area contributed by atoms with Gasteiger partial charge in [0.15, 0.2) is 6.10 Å². The van der Waals surface area contributed by atoms with Gasteiger partial charge in [0.1, 0.15) is 0 Å². The van der Waals surface area contributed by atoms with Crippen molar-refractivity contribution in [2.75, 3.05) is 0 Å². The van der Waals surface area contributed by atoms with Crippen molar-refractivity contribution in [1.82, 2.24) is 9.78 Å². The van der Waals surface area contributed by atoms with E-state index in [-0.39, 0.29) is 0 Å². The second kappa shape index (κ2) is 3.61. The molecule has 0 fully saturated rings. The number of hydrogen-bond donors (Lipinski definition) is 1. The van der Waals surface area contributed by atoms with Crippen molar-refractivity contribution in [2.45, 2.75) is 25.6 Å². The minimum absolute atomic E-state index is 0.398. The van der Waals surface area contributed by atoms with Crippen LogP contribution >= 0.6 is 0 Å². The SMILES string of the molecule is Cc1cnn(C)c1CC(O)C(F)(F)F. The van der Waals surface area contributed by atoms with Gasteiger partial charge in [0.25, 0.3) is 0 Å². The number of hydrogen-bond acceptors (Lipinski definition) is 2. The van der Waals surface area contributed by atoms with E-state index in [1.165, 1.54) is 10.9 Å². The summed E-state index contributed by atoms with van der Waals surface area (Å²) >= 11 is 0. The van der Waals surface area contributed by atoms with Gasteiger partial charge in [-0.2, -0.15) is 18.3 Å². The number of rotatable bonds is 2. The lowest BCUT2D eigenvalue weighted by Crippen LogP contribution is -2.31. The van der Waals surface area contributed by atoms with Crippen LogP contribution in [-0.4, -0.2) is 27.2 Å². The van der Waals surface area contributed by atoms with Gasteiger partial charge in [-0.15, -0.1) is 0 Å². The second-order valence-corrected chi connectivity index (χ2v) is 3.16. The first-order valence-electron chi connectivity index (χ1n) is 4.04. The standard InChI is InChI=1S/C8H11F3N2O/c1-5-4-12-13(2)6(5)3-7(14)8(9,10)11/h4,7,14H,3H2,1-2H3. The fourth-order valence-corrected chi connectivity index (χ4v) is 1.16. The summed E-state index contributed by atoms with van der Waals surface area (Å²) in [6.07, 6.45) is -5.88. The third kappa shape index (κ3) is 2.25. The first kappa shape index (κ1) is 11.0. The molecule has 0 aliphatic heterocycles. The minimum atomic E-state index is -4.57. The zero-order valence-electron chi connectivity index (χ0n) is 7.84. The summed E-state index contributed by atoms with van der Waals surface area (Å²) in [6.45, 7) is 1.66. The molecule has 1 N–H and O–H groups in total. The van der Waals surface area contributed by atoms with Gasteiger partial charge in [0.2, 0.25) is 0 Å². The average molecular weight is 208 g/mol. The van der Waals surface area contributed by atoms with Crippen molar-refractivity contribution >= 4 is 0 Å². The number of halogens is 3. The normalized spacial score (nSPS) is 14.4. The number of aromatic nitrogens is 2. The Morgan fingerprint density at radius 3 is 2.50 bits per heavy atom. The molecule has 0 radical (unpaired) electrons. The maximum absolute atomic E-state index is 12.0. The third-order valence-corrected chi connectivity index (χ3v) is 2.03. The van der Waals surface area contributed by atoms with E-state index < -0.39 is 18.7 Å². The van der Waals surface area contributed by atoms with Gasteiger partial charge in [-0.3, -0.25) is 4.68 Å². The molecule has 1 atom stereocenters. The molecule has 80 valence electrons. The summed E-state index contributed by atoms with van der Waals surface area (Å²) in [4.78, 5) is 0. The van der Waals surface area contributed by atoms with Crippen LogP contribution in [0.25, 0.3) is 0 Å². The van der Waals surface area contributed by atoms with Crippen molar-refractivity contribution in [3.8, 4) is 0 Å². The maximum atomic E-state index is 12.0. The van der Waals surface area contributed by atoms with E-state index in [0.29, 0.717) is 11.3 Å². The van der Waals surface area contributed by atoms with Crippen molar-refractivity contribution in [1.29, 1.82) is 0 Å². The highest BCUT2D eigenvalue weighted by Crippen LogP contribution is 2.23. The van der Waals surface area contributed by atoms with E-state index in [9.17, 15) is 13.2 Å². The number of nitrogens with zero attached hydrogens (tertiary/aromatic N) is 2. The summed E-state index contributed by atoms with van der Waals surface area (Å²) in [6, 6.07) is 0. The van der Waals surface area contributed by atoms with E-state index >= 15 is 0 Å². The topological polar surface area (TPSA) is 38.0 Å². The first-order chi connectivity index (χ1) is 6.32. The summed E-state index contributed by atoms with van der Waals surface area (Å²) in [7, 11) is 1.55.